The Kier molecular flexibility index (Phi) is 5.44. The second-order valence-corrected chi connectivity index (χ2v) is 9.44. The first-order valence-corrected chi connectivity index (χ1v) is 11.4. The Balaban J connectivity index is 1.45. The fourth-order valence-corrected chi connectivity index (χ4v) is 4.69. The van der Waals surface area contributed by atoms with Crippen LogP contribution in [0.5, 0.6) is 11.6 Å². The molecule has 10 heteroatoms. The maximum absolute atomic E-state index is 12.7. The molecule has 1 aromatic heterocycles. The second-order valence-electron chi connectivity index (χ2n) is 7.19. The van der Waals surface area contributed by atoms with Crippen LogP contribution < -0.4 is 15.4 Å². The summed E-state index contributed by atoms with van der Waals surface area (Å²) in [6.45, 7) is 2.28. The highest BCUT2D eigenvalue weighted by Gasteiger charge is 2.30. The lowest BCUT2D eigenvalue weighted by atomic mass is 9.97. The number of carbonyl (C=O) groups excluding carboxylic acids is 2. The minimum Gasteiger partial charge on any atom is -0.436 e. The highest BCUT2D eigenvalue weighted by molar-refractivity contribution is 7.89. The van der Waals surface area contributed by atoms with Gasteiger partial charge in [0, 0.05) is 30.9 Å². The molecule has 2 N–H and O–H groups in total. The summed E-state index contributed by atoms with van der Waals surface area (Å²) in [6.07, 6.45) is 2.49. The monoisotopic (exact) mass is 430 g/mol. The van der Waals surface area contributed by atoms with Gasteiger partial charge >= 0.3 is 0 Å². The minimum atomic E-state index is -3.23. The summed E-state index contributed by atoms with van der Waals surface area (Å²) in [4.78, 5) is 29.4. The molecule has 30 heavy (non-hydrogen) atoms. The van der Waals surface area contributed by atoms with Crippen molar-refractivity contribution in [2.45, 2.75) is 19.8 Å². The quantitative estimate of drug-likeness (QED) is 0.769. The summed E-state index contributed by atoms with van der Waals surface area (Å²) in [6, 6.07) is 8.23. The van der Waals surface area contributed by atoms with Crippen LogP contribution in [0.4, 0.5) is 11.4 Å². The molecule has 1 aromatic carbocycles. The van der Waals surface area contributed by atoms with Crippen LogP contribution in [-0.2, 0) is 14.8 Å². The van der Waals surface area contributed by atoms with Gasteiger partial charge in [-0.3, -0.25) is 9.59 Å². The first-order valence-electron chi connectivity index (χ1n) is 9.74. The van der Waals surface area contributed by atoms with Gasteiger partial charge in [0.15, 0.2) is 0 Å². The molecule has 2 aromatic rings. The van der Waals surface area contributed by atoms with E-state index in [0.29, 0.717) is 48.9 Å². The van der Waals surface area contributed by atoms with Crippen LogP contribution in [0.15, 0.2) is 36.5 Å². The van der Waals surface area contributed by atoms with Crippen molar-refractivity contribution < 1.29 is 22.7 Å². The van der Waals surface area contributed by atoms with Crippen LogP contribution in [0.3, 0.4) is 0 Å². The van der Waals surface area contributed by atoms with Crippen LogP contribution in [0.25, 0.3) is 0 Å². The number of nitrogens with one attached hydrogen (secondary N) is 2. The third kappa shape index (κ3) is 4.01. The van der Waals surface area contributed by atoms with E-state index in [1.165, 1.54) is 4.31 Å². The summed E-state index contributed by atoms with van der Waals surface area (Å²) in [7, 11) is -3.23. The standard InChI is InChI=1S/C20H22N4O5S/c1-2-30(27,28)24-10-7-13(8-11-24)18(25)22-14-5-6-17-15(12-14)19(26)23-16-4-3-9-21-20(16)29-17/h3-6,9,12-13H,2,7-8,10-11H2,1H3,(H,22,25)(H,23,26). The van der Waals surface area contributed by atoms with Crippen LogP contribution in [0, 0.1) is 5.92 Å². The smallest absolute Gasteiger partial charge is 0.259 e. The van der Waals surface area contributed by atoms with Gasteiger partial charge < -0.3 is 15.4 Å². The molecule has 1 saturated heterocycles. The highest BCUT2D eigenvalue weighted by Crippen LogP contribution is 2.35. The molecule has 1 fully saturated rings. The Labute approximate surface area is 174 Å². The minimum absolute atomic E-state index is 0.0580. The number of hydrogen-bond donors (Lipinski definition) is 2. The molecule has 0 saturated carbocycles. The molecule has 2 aliphatic heterocycles. The Morgan fingerprint density at radius 1 is 1.30 bits per heavy atom. The molecular formula is C20H22N4O5S. The number of aromatic nitrogens is 1. The van der Waals surface area contributed by atoms with E-state index in [-0.39, 0.29) is 29.0 Å². The fraction of sp³-hybridized carbons (Fsp3) is 0.350. The third-order valence-corrected chi connectivity index (χ3v) is 7.18. The zero-order valence-corrected chi connectivity index (χ0v) is 17.2. The largest absolute Gasteiger partial charge is 0.436 e. The summed E-state index contributed by atoms with van der Waals surface area (Å²) < 4.78 is 31.1. The predicted octanol–water partition coefficient (Wildman–Crippen LogP) is 2.44. The van der Waals surface area contributed by atoms with Gasteiger partial charge in [0.1, 0.15) is 11.4 Å². The lowest BCUT2D eigenvalue weighted by Gasteiger charge is -2.30. The van der Waals surface area contributed by atoms with Crippen LogP contribution in [-0.4, -0.2) is 48.4 Å². The molecule has 0 radical (unpaired) electrons. The Bertz CT molecular complexity index is 1090. The molecule has 0 unspecified atom stereocenters. The lowest BCUT2D eigenvalue weighted by molar-refractivity contribution is -0.120. The van der Waals surface area contributed by atoms with Gasteiger partial charge in [-0.05, 0) is 50.1 Å². The molecule has 0 aliphatic carbocycles. The second kappa shape index (κ2) is 8.04. The number of carbonyl (C=O) groups is 2. The summed E-state index contributed by atoms with van der Waals surface area (Å²) in [5.41, 5.74) is 1.23. The van der Waals surface area contributed by atoms with Crippen molar-refractivity contribution in [2.75, 3.05) is 29.5 Å². The number of amides is 2. The third-order valence-electron chi connectivity index (χ3n) is 5.30. The Hall–Kier alpha value is -2.98. The van der Waals surface area contributed by atoms with E-state index in [1.807, 2.05) is 0 Å². The van der Waals surface area contributed by atoms with Crippen LogP contribution >= 0.6 is 0 Å². The zero-order valence-electron chi connectivity index (χ0n) is 16.4. The van der Waals surface area contributed by atoms with Crippen molar-refractivity contribution in [3.05, 3.63) is 42.1 Å². The molecule has 3 heterocycles. The molecule has 0 bridgehead atoms. The number of hydrogen-bond acceptors (Lipinski definition) is 6. The number of rotatable bonds is 4. The van der Waals surface area contributed by atoms with Gasteiger partial charge in [-0.25, -0.2) is 17.7 Å². The van der Waals surface area contributed by atoms with E-state index in [9.17, 15) is 18.0 Å². The van der Waals surface area contributed by atoms with E-state index in [1.54, 1.807) is 43.5 Å². The molecule has 2 amide bonds. The van der Waals surface area contributed by atoms with Crippen molar-refractivity contribution in [1.29, 1.82) is 0 Å². The topological polar surface area (TPSA) is 118 Å². The molecular weight excluding hydrogens is 408 g/mol. The first-order chi connectivity index (χ1) is 14.4. The number of fused-ring (bicyclic) bond motifs is 2. The fourth-order valence-electron chi connectivity index (χ4n) is 3.56. The Morgan fingerprint density at radius 3 is 2.80 bits per heavy atom. The van der Waals surface area contributed by atoms with E-state index in [4.69, 9.17) is 4.74 Å². The van der Waals surface area contributed by atoms with Gasteiger partial charge in [0.05, 0.1) is 11.3 Å². The number of benzene rings is 1. The molecule has 0 atom stereocenters. The lowest BCUT2D eigenvalue weighted by Crippen LogP contribution is -2.42. The zero-order chi connectivity index (χ0) is 21.3. The SMILES string of the molecule is CCS(=O)(=O)N1CCC(C(=O)Nc2ccc3c(c2)C(=O)Nc2cccnc2O3)CC1. The van der Waals surface area contributed by atoms with Crippen molar-refractivity contribution in [1.82, 2.24) is 9.29 Å². The predicted molar refractivity (Wildman–Crippen MR) is 111 cm³/mol. The van der Waals surface area contributed by atoms with E-state index in [2.05, 4.69) is 15.6 Å². The van der Waals surface area contributed by atoms with Crippen LogP contribution in [0.2, 0.25) is 0 Å². The number of sulfonamides is 1. The number of pyridine rings is 1. The Morgan fingerprint density at radius 2 is 2.07 bits per heavy atom. The number of nitrogens with zero attached hydrogens (tertiary/aromatic N) is 2. The molecule has 9 nitrogen and oxygen atoms in total. The van der Waals surface area contributed by atoms with Crippen LogP contribution in [0.1, 0.15) is 30.1 Å². The van der Waals surface area contributed by atoms with Gasteiger partial charge in [-0.15, -0.1) is 0 Å². The van der Waals surface area contributed by atoms with E-state index in [0.717, 1.165) is 0 Å². The number of piperidine rings is 1. The van der Waals surface area contributed by atoms with Crippen molar-refractivity contribution in [3.8, 4) is 11.6 Å². The van der Waals surface area contributed by atoms with Gasteiger partial charge in [-0.1, -0.05) is 0 Å². The van der Waals surface area contributed by atoms with Crippen molar-refractivity contribution >= 4 is 33.2 Å². The summed E-state index contributed by atoms with van der Waals surface area (Å²) >= 11 is 0. The molecule has 0 spiro atoms. The number of anilines is 2. The number of ether oxygens (including phenoxy) is 1. The average molecular weight is 430 g/mol. The van der Waals surface area contributed by atoms with E-state index >= 15 is 0 Å². The maximum atomic E-state index is 12.7. The molecule has 4 rings (SSSR count). The first kappa shape index (κ1) is 20.3. The normalized spacial score (nSPS) is 17.2. The van der Waals surface area contributed by atoms with E-state index < -0.39 is 10.0 Å². The van der Waals surface area contributed by atoms with Crippen molar-refractivity contribution in [2.24, 2.45) is 5.92 Å². The van der Waals surface area contributed by atoms with Gasteiger partial charge in [0.2, 0.25) is 21.8 Å². The van der Waals surface area contributed by atoms with Gasteiger partial charge in [0.25, 0.3) is 5.91 Å². The highest BCUT2D eigenvalue weighted by atomic mass is 32.2. The maximum Gasteiger partial charge on any atom is 0.259 e. The average Bonchev–Trinajstić information content (AvgIpc) is 2.89. The van der Waals surface area contributed by atoms with Crippen molar-refractivity contribution in [3.63, 3.8) is 0 Å². The molecule has 2 aliphatic rings. The summed E-state index contributed by atoms with van der Waals surface area (Å²) in [5, 5.41) is 5.58. The summed E-state index contributed by atoms with van der Waals surface area (Å²) in [5.74, 6) is -0.126. The molecule has 158 valence electrons. The van der Waals surface area contributed by atoms with Gasteiger partial charge in [-0.2, -0.15) is 0 Å².